The fraction of sp³-hybridized carbons (Fsp3) is 0.190. The van der Waals surface area contributed by atoms with Crippen molar-refractivity contribution in [1.82, 2.24) is 4.98 Å². The molecule has 0 fully saturated rings. The zero-order valence-electron chi connectivity index (χ0n) is 15.3. The van der Waals surface area contributed by atoms with Crippen molar-refractivity contribution in [1.29, 1.82) is 5.26 Å². The molecule has 2 aromatic carbocycles. The topological polar surface area (TPSA) is 61.1 Å². The second-order valence-electron chi connectivity index (χ2n) is 6.36. The van der Waals surface area contributed by atoms with Crippen molar-refractivity contribution in [3.63, 3.8) is 0 Å². The fourth-order valence-corrected chi connectivity index (χ4v) is 3.54. The van der Waals surface area contributed by atoms with Gasteiger partial charge in [-0.25, -0.2) is 4.98 Å². The molecule has 1 aromatic heterocycles. The van der Waals surface area contributed by atoms with Gasteiger partial charge in [0.1, 0.15) is 6.07 Å². The standard InChI is InChI=1S/C21H20N4S/c1-13-5-7-17(15(3)9-13)20-12-26-21(23-20)19(11-22)25-24-18-8-6-14(2)10-16(18)4/h5-10,12,24H,1-4H3. The van der Waals surface area contributed by atoms with E-state index in [0.29, 0.717) is 5.01 Å². The lowest BCUT2D eigenvalue weighted by Crippen LogP contribution is -2.02. The lowest BCUT2D eigenvalue weighted by molar-refractivity contribution is 1.27. The van der Waals surface area contributed by atoms with Gasteiger partial charge in [-0.3, -0.25) is 5.43 Å². The Morgan fingerprint density at radius 2 is 1.73 bits per heavy atom. The molecule has 0 aliphatic carbocycles. The molecule has 0 aliphatic heterocycles. The second kappa shape index (κ2) is 7.51. The van der Waals surface area contributed by atoms with Gasteiger partial charge in [0.25, 0.3) is 0 Å². The van der Waals surface area contributed by atoms with Crippen molar-refractivity contribution in [2.24, 2.45) is 5.10 Å². The molecule has 0 saturated heterocycles. The number of aromatic nitrogens is 1. The van der Waals surface area contributed by atoms with Crippen molar-refractivity contribution >= 4 is 22.7 Å². The van der Waals surface area contributed by atoms with Crippen LogP contribution in [0.15, 0.2) is 46.9 Å². The Labute approximate surface area is 157 Å². The van der Waals surface area contributed by atoms with E-state index in [1.54, 1.807) is 0 Å². The van der Waals surface area contributed by atoms with Gasteiger partial charge in [-0.05, 0) is 44.9 Å². The Kier molecular flexibility index (Phi) is 5.15. The van der Waals surface area contributed by atoms with Crippen molar-refractivity contribution < 1.29 is 0 Å². The minimum atomic E-state index is 0.283. The summed E-state index contributed by atoms with van der Waals surface area (Å²) < 4.78 is 0. The average molecular weight is 360 g/mol. The van der Waals surface area contributed by atoms with Crippen LogP contribution in [0.4, 0.5) is 5.69 Å². The van der Waals surface area contributed by atoms with E-state index < -0.39 is 0 Å². The fourth-order valence-electron chi connectivity index (χ4n) is 2.78. The molecule has 0 radical (unpaired) electrons. The normalized spacial score (nSPS) is 11.3. The van der Waals surface area contributed by atoms with E-state index >= 15 is 0 Å². The van der Waals surface area contributed by atoms with Crippen molar-refractivity contribution in [3.05, 3.63) is 69.0 Å². The van der Waals surface area contributed by atoms with Crippen molar-refractivity contribution in [2.45, 2.75) is 27.7 Å². The van der Waals surface area contributed by atoms with Crippen molar-refractivity contribution in [2.75, 3.05) is 5.43 Å². The smallest absolute Gasteiger partial charge is 0.196 e. The van der Waals surface area contributed by atoms with Gasteiger partial charge in [-0.1, -0.05) is 41.5 Å². The number of nitrogens with one attached hydrogen (secondary N) is 1. The van der Waals surface area contributed by atoms with Crippen LogP contribution in [-0.2, 0) is 0 Å². The highest BCUT2D eigenvalue weighted by Crippen LogP contribution is 2.26. The van der Waals surface area contributed by atoms with Gasteiger partial charge in [0.05, 0.1) is 11.4 Å². The van der Waals surface area contributed by atoms with Crippen LogP contribution in [0.3, 0.4) is 0 Å². The molecule has 0 amide bonds. The summed E-state index contributed by atoms with van der Waals surface area (Å²) in [6.07, 6.45) is 0. The molecule has 26 heavy (non-hydrogen) atoms. The number of hydrogen-bond donors (Lipinski definition) is 1. The van der Waals surface area contributed by atoms with Gasteiger partial charge in [0.2, 0.25) is 0 Å². The van der Waals surface area contributed by atoms with Gasteiger partial charge < -0.3 is 0 Å². The van der Waals surface area contributed by atoms with Gasteiger partial charge >= 0.3 is 0 Å². The number of aryl methyl sites for hydroxylation is 4. The molecule has 0 bridgehead atoms. The number of hydrogen-bond acceptors (Lipinski definition) is 5. The summed E-state index contributed by atoms with van der Waals surface area (Å²) in [4.78, 5) is 4.62. The molecular weight excluding hydrogens is 340 g/mol. The average Bonchev–Trinajstić information content (AvgIpc) is 3.06. The number of anilines is 1. The van der Waals surface area contributed by atoms with Crippen LogP contribution in [0.1, 0.15) is 27.3 Å². The van der Waals surface area contributed by atoms with Crippen LogP contribution in [0.25, 0.3) is 11.3 Å². The van der Waals surface area contributed by atoms with Crippen LogP contribution >= 0.6 is 11.3 Å². The second-order valence-corrected chi connectivity index (χ2v) is 7.22. The first kappa shape index (κ1) is 17.8. The first-order chi connectivity index (χ1) is 12.5. The van der Waals surface area contributed by atoms with E-state index in [9.17, 15) is 5.26 Å². The highest BCUT2D eigenvalue weighted by atomic mass is 32.1. The molecule has 0 spiro atoms. The van der Waals surface area contributed by atoms with Crippen LogP contribution in [0.5, 0.6) is 0 Å². The molecule has 0 aliphatic rings. The molecule has 0 unspecified atom stereocenters. The Morgan fingerprint density at radius 3 is 2.38 bits per heavy atom. The molecule has 130 valence electrons. The third-order valence-corrected chi connectivity index (χ3v) is 4.99. The monoisotopic (exact) mass is 360 g/mol. The molecular formula is C21H20N4S. The molecule has 0 saturated carbocycles. The molecule has 0 atom stereocenters. The highest BCUT2D eigenvalue weighted by molar-refractivity contribution is 7.12. The van der Waals surface area contributed by atoms with Gasteiger partial charge in [0.15, 0.2) is 10.7 Å². The van der Waals surface area contributed by atoms with E-state index in [4.69, 9.17) is 0 Å². The predicted octanol–water partition coefficient (Wildman–Crippen LogP) is 5.38. The Bertz CT molecular complexity index is 1020. The summed E-state index contributed by atoms with van der Waals surface area (Å²) in [7, 11) is 0. The number of benzene rings is 2. The minimum absolute atomic E-state index is 0.283. The molecule has 5 heteroatoms. The summed E-state index contributed by atoms with van der Waals surface area (Å²) in [5, 5.41) is 16.3. The van der Waals surface area contributed by atoms with Gasteiger partial charge in [-0.15, -0.1) is 11.3 Å². The van der Waals surface area contributed by atoms with E-state index in [1.165, 1.54) is 28.0 Å². The van der Waals surface area contributed by atoms with Crippen LogP contribution < -0.4 is 5.43 Å². The SMILES string of the molecule is Cc1ccc(NN=C(C#N)c2nc(-c3ccc(C)cc3C)cs2)c(C)c1. The highest BCUT2D eigenvalue weighted by Gasteiger charge is 2.12. The van der Waals surface area contributed by atoms with Crippen LogP contribution in [-0.4, -0.2) is 10.7 Å². The number of nitriles is 1. The Hall–Kier alpha value is -2.97. The molecule has 1 heterocycles. The Balaban J connectivity index is 1.87. The number of nitrogens with zero attached hydrogens (tertiary/aromatic N) is 3. The maximum absolute atomic E-state index is 9.49. The molecule has 3 aromatic rings. The largest absolute Gasteiger partial charge is 0.277 e. The summed E-state index contributed by atoms with van der Waals surface area (Å²) in [6.45, 7) is 8.20. The number of rotatable bonds is 4. The first-order valence-corrected chi connectivity index (χ1v) is 9.20. The van der Waals surface area contributed by atoms with Gasteiger partial charge in [0, 0.05) is 10.9 Å². The third kappa shape index (κ3) is 3.81. The third-order valence-electron chi connectivity index (χ3n) is 4.14. The summed E-state index contributed by atoms with van der Waals surface area (Å²) >= 11 is 1.43. The van der Waals surface area contributed by atoms with E-state index in [0.717, 1.165) is 22.5 Å². The minimum Gasteiger partial charge on any atom is -0.277 e. The lowest BCUT2D eigenvalue weighted by atomic mass is 10.0. The molecule has 4 nitrogen and oxygen atoms in total. The Morgan fingerprint density at radius 1 is 1.04 bits per heavy atom. The van der Waals surface area contributed by atoms with E-state index in [1.807, 2.05) is 31.4 Å². The summed E-state index contributed by atoms with van der Waals surface area (Å²) in [5.41, 5.74) is 10.8. The van der Waals surface area contributed by atoms with Crippen LogP contribution in [0, 0.1) is 39.0 Å². The van der Waals surface area contributed by atoms with E-state index in [2.05, 4.69) is 59.7 Å². The summed E-state index contributed by atoms with van der Waals surface area (Å²) in [6, 6.07) is 14.5. The number of thiazole rings is 1. The molecule has 3 rings (SSSR count). The lowest BCUT2D eigenvalue weighted by Gasteiger charge is -2.06. The first-order valence-electron chi connectivity index (χ1n) is 8.32. The number of hydrazone groups is 1. The molecule has 1 N–H and O–H groups in total. The van der Waals surface area contributed by atoms with E-state index in [-0.39, 0.29) is 5.71 Å². The maximum atomic E-state index is 9.49. The van der Waals surface area contributed by atoms with Gasteiger partial charge in [-0.2, -0.15) is 10.4 Å². The maximum Gasteiger partial charge on any atom is 0.196 e. The summed E-state index contributed by atoms with van der Waals surface area (Å²) in [5.74, 6) is 0. The predicted molar refractivity (Wildman–Crippen MR) is 109 cm³/mol. The zero-order chi connectivity index (χ0) is 18.7. The zero-order valence-corrected chi connectivity index (χ0v) is 16.1. The van der Waals surface area contributed by atoms with Crippen LogP contribution in [0.2, 0.25) is 0 Å². The van der Waals surface area contributed by atoms with Crippen molar-refractivity contribution in [3.8, 4) is 17.3 Å². The quantitative estimate of drug-likeness (QED) is 0.502.